The SMILES string of the molecule is CCSc1nnc(NS(=O)(=O)c2ccc3c(c2)sc(=O)n3Cc2ccccc2)s1. The largest absolute Gasteiger partial charge is 0.308 e. The lowest BCUT2D eigenvalue weighted by Gasteiger charge is -2.06. The maximum absolute atomic E-state index is 12.7. The van der Waals surface area contributed by atoms with Gasteiger partial charge in [0, 0.05) is 0 Å². The summed E-state index contributed by atoms with van der Waals surface area (Å²) in [5.41, 5.74) is 1.71. The first-order chi connectivity index (χ1) is 14.0. The highest BCUT2D eigenvalue weighted by Crippen LogP contribution is 2.28. The van der Waals surface area contributed by atoms with Crippen molar-refractivity contribution in [3.8, 4) is 0 Å². The van der Waals surface area contributed by atoms with E-state index in [1.807, 2.05) is 37.3 Å². The zero-order valence-electron chi connectivity index (χ0n) is 15.2. The van der Waals surface area contributed by atoms with Crippen molar-refractivity contribution in [2.45, 2.75) is 22.7 Å². The van der Waals surface area contributed by atoms with Crippen molar-refractivity contribution in [3.63, 3.8) is 0 Å². The van der Waals surface area contributed by atoms with Crippen LogP contribution in [0.1, 0.15) is 12.5 Å². The number of sulfonamides is 1. The fraction of sp³-hybridized carbons (Fsp3) is 0.167. The van der Waals surface area contributed by atoms with Crippen LogP contribution in [0.25, 0.3) is 10.2 Å². The molecule has 2 aromatic heterocycles. The van der Waals surface area contributed by atoms with E-state index in [2.05, 4.69) is 14.9 Å². The number of fused-ring (bicyclic) bond motifs is 1. The van der Waals surface area contributed by atoms with E-state index < -0.39 is 10.0 Å². The Morgan fingerprint density at radius 2 is 1.90 bits per heavy atom. The highest BCUT2D eigenvalue weighted by atomic mass is 32.2. The maximum atomic E-state index is 12.7. The minimum Gasteiger partial charge on any atom is -0.294 e. The Balaban J connectivity index is 1.64. The van der Waals surface area contributed by atoms with Crippen LogP contribution in [0.3, 0.4) is 0 Å². The van der Waals surface area contributed by atoms with Gasteiger partial charge in [0.15, 0.2) is 4.34 Å². The molecule has 0 fully saturated rings. The lowest BCUT2D eigenvalue weighted by molar-refractivity contribution is 0.601. The van der Waals surface area contributed by atoms with Crippen LogP contribution in [0, 0.1) is 0 Å². The highest BCUT2D eigenvalue weighted by molar-refractivity contribution is 8.01. The summed E-state index contributed by atoms with van der Waals surface area (Å²) in [5.74, 6) is 0.830. The van der Waals surface area contributed by atoms with Crippen LogP contribution in [0.5, 0.6) is 0 Å². The molecule has 0 saturated heterocycles. The first kappa shape index (κ1) is 20.1. The van der Waals surface area contributed by atoms with Crippen molar-refractivity contribution in [1.29, 1.82) is 0 Å². The number of rotatable bonds is 7. The van der Waals surface area contributed by atoms with Crippen molar-refractivity contribution in [3.05, 3.63) is 63.8 Å². The molecule has 2 heterocycles. The summed E-state index contributed by atoms with van der Waals surface area (Å²) in [6.45, 7) is 2.42. The standard InChI is InChI=1S/C18H16N4O3S4/c1-2-26-17-20-19-16(28-17)21-29(24,25)13-8-9-14-15(10-13)27-18(23)22(14)11-12-6-4-3-5-7-12/h3-10H,2,11H2,1H3,(H,19,21). The van der Waals surface area contributed by atoms with E-state index >= 15 is 0 Å². The van der Waals surface area contributed by atoms with Gasteiger partial charge in [0.25, 0.3) is 10.0 Å². The van der Waals surface area contributed by atoms with Crippen LogP contribution in [0.2, 0.25) is 0 Å². The average Bonchev–Trinajstić information content (AvgIpc) is 3.26. The molecule has 0 amide bonds. The minimum absolute atomic E-state index is 0.0815. The third kappa shape index (κ3) is 4.37. The smallest absolute Gasteiger partial charge is 0.294 e. The van der Waals surface area contributed by atoms with E-state index in [1.165, 1.54) is 35.2 Å². The van der Waals surface area contributed by atoms with Crippen molar-refractivity contribution < 1.29 is 8.42 Å². The Kier molecular flexibility index (Phi) is 5.72. The van der Waals surface area contributed by atoms with Crippen LogP contribution in [-0.2, 0) is 16.6 Å². The average molecular weight is 465 g/mol. The Morgan fingerprint density at radius 1 is 1.10 bits per heavy atom. The van der Waals surface area contributed by atoms with E-state index in [0.29, 0.717) is 21.1 Å². The summed E-state index contributed by atoms with van der Waals surface area (Å²) < 4.78 is 30.9. The van der Waals surface area contributed by atoms with Crippen molar-refractivity contribution in [1.82, 2.24) is 14.8 Å². The molecule has 4 aromatic rings. The van der Waals surface area contributed by atoms with Crippen molar-refractivity contribution in [2.75, 3.05) is 10.5 Å². The molecule has 4 rings (SSSR count). The zero-order valence-corrected chi connectivity index (χ0v) is 18.5. The number of aromatic nitrogens is 3. The normalized spacial score (nSPS) is 11.8. The van der Waals surface area contributed by atoms with Crippen LogP contribution < -0.4 is 9.60 Å². The number of hydrogen-bond acceptors (Lipinski definition) is 8. The molecule has 0 radical (unpaired) electrons. The van der Waals surface area contributed by atoms with Gasteiger partial charge in [-0.05, 0) is 29.5 Å². The molecule has 0 spiro atoms. The van der Waals surface area contributed by atoms with Gasteiger partial charge in [-0.2, -0.15) is 0 Å². The summed E-state index contributed by atoms with van der Waals surface area (Å²) in [5, 5.41) is 8.05. The molecule has 150 valence electrons. The van der Waals surface area contributed by atoms with Gasteiger partial charge in [-0.3, -0.25) is 14.1 Å². The van der Waals surface area contributed by atoms with E-state index in [0.717, 1.165) is 22.7 Å². The van der Waals surface area contributed by atoms with E-state index in [4.69, 9.17) is 0 Å². The van der Waals surface area contributed by atoms with Gasteiger partial charge in [-0.25, -0.2) is 8.42 Å². The molecule has 0 saturated carbocycles. The third-order valence-electron chi connectivity index (χ3n) is 4.03. The molecule has 1 N–H and O–H groups in total. The predicted molar refractivity (Wildman–Crippen MR) is 119 cm³/mol. The lowest BCUT2D eigenvalue weighted by Crippen LogP contribution is -2.14. The topological polar surface area (TPSA) is 94.0 Å². The van der Waals surface area contributed by atoms with E-state index in [9.17, 15) is 13.2 Å². The second kappa shape index (κ2) is 8.27. The second-order valence-electron chi connectivity index (χ2n) is 5.98. The van der Waals surface area contributed by atoms with Crippen molar-refractivity contribution >= 4 is 59.8 Å². The Morgan fingerprint density at radius 3 is 2.66 bits per heavy atom. The summed E-state index contributed by atoms with van der Waals surface area (Å²) >= 11 is 3.72. The van der Waals surface area contributed by atoms with Gasteiger partial charge >= 0.3 is 4.87 Å². The molecule has 0 aliphatic heterocycles. The Hall–Kier alpha value is -2.21. The molecule has 11 heteroatoms. The quantitative estimate of drug-likeness (QED) is 0.417. The molecular formula is C18H16N4O3S4. The molecule has 0 bridgehead atoms. The van der Waals surface area contributed by atoms with E-state index in [-0.39, 0.29) is 14.9 Å². The summed E-state index contributed by atoms with van der Waals surface area (Å²) in [6.07, 6.45) is 0. The van der Waals surface area contributed by atoms with Gasteiger partial charge in [0.05, 0.1) is 21.7 Å². The number of thioether (sulfide) groups is 1. The molecule has 7 nitrogen and oxygen atoms in total. The number of nitrogens with zero attached hydrogens (tertiary/aromatic N) is 3. The molecule has 2 aromatic carbocycles. The lowest BCUT2D eigenvalue weighted by atomic mass is 10.2. The first-order valence-electron chi connectivity index (χ1n) is 8.63. The van der Waals surface area contributed by atoms with Crippen LogP contribution in [-0.4, -0.2) is 28.9 Å². The van der Waals surface area contributed by atoms with Crippen LogP contribution in [0.15, 0.2) is 62.6 Å². The molecular weight excluding hydrogens is 448 g/mol. The van der Waals surface area contributed by atoms with Gasteiger partial charge in [-0.1, -0.05) is 71.7 Å². The van der Waals surface area contributed by atoms with Crippen LogP contribution in [0.4, 0.5) is 5.13 Å². The Bertz CT molecular complexity index is 1310. The van der Waals surface area contributed by atoms with Crippen molar-refractivity contribution in [2.24, 2.45) is 0 Å². The molecule has 0 atom stereocenters. The van der Waals surface area contributed by atoms with Gasteiger partial charge in [-0.15, -0.1) is 10.2 Å². The minimum atomic E-state index is -3.82. The summed E-state index contributed by atoms with van der Waals surface area (Å²) in [6, 6.07) is 14.4. The predicted octanol–water partition coefficient (Wildman–Crippen LogP) is 3.88. The summed E-state index contributed by atoms with van der Waals surface area (Å²) in [7, 11) is -3.82. The molecule has 0 aliphatic carbocycles. The highest BCUT2D eigenvalue weighted by Gasteiger charge is 2.19. The number of hydrogen-bond donors (Lipinski definition) is 1. The monoisotopic (exact) mass is 464 g/mol. The summed E-state index contributed by atoms with van der Waals surface area (Å²) in [4.78, 5) is 12.4. The fourth-order valence-corrected chi connectivity index (χ4v) is 6.65. The number of nitrogens with one attached hydrogen (secondary N) is 1. The molecule has 0 unspecified atom stereocenters. The fourth-order valence-electron chi connectivity index (χ4n) is 2.74. The number of benzene rings is 2. The van der Waals surface area contributed by atoms with Crippen LogP contribution >= 0.6 is 34.4 Å². The van der Waals surface area contributed by atoms with Gasteiger partial charge < -0.3 is 0 Å². The first-order valence-corrected chi connectivity index (χ1v) is 12.7. The maximum Gasteiger partial charge on any atom is 0.308 e. The van der Waals surface area contributed by atoms with Gasteiger partial charge in [0.2, 0.25) is 5.13 Å². The number of anilines is 1. The second-order valence-corrected chi connectivity index (χ2v) is 11.1. The zero-order chi connectivity index (χ0) is 20.4. The molecule has 0 aliphatic rings. The number of thiazole rings is 1. The van der Waals surface area contributed by atoms with E-state index in [1.54, 1.807) is 10.6 Å². The Labute approximate surface area is 179 Å². The van der Waals surface area contributed by atoms with Gasteiger partial charge in [0.1, 0.15) is 0 Å². The third-order valence-corrected chi connectivity index (χ3v) is 8.29. The molecule has 29 heavy (non-hydrogen) atoms.